The van der Waals surface area contributed by atoms with Crippen LogP contribution in [0.3, 0.4) is 0 Å². The van der Waals surface area contributed by atoms with Crippen LogP contribution in [0.4, 0.5) is 10.1 Å². The highest BCUT2D eigenvalue weighted by molar-refractivity contribution is 9.10. The molecule has 0 aliphatic heterocycles. The van der Waals surface area contributed by atoms with Crippen molar-refractivity contribution >= 4 is 27.5 Å². The lowest BCUT2D eigenvalue weighted by molar-refractivity contribution is 0.0991. The fraction of sp³-hybridized carbons (Fsp3) is 0.133. The zero-order chi connectivity index (χ0) is 14.7. The first-order chi connectivity index (χ1) is 9.54. The van der Waals surface area contributed by atoms with Gasteiger partial charge in [0.05, 0.1) is 17.1 Å². The molecule has 0 spiro atoms. The van der Waals surface area contributed by atoms with Gasteiger partial charge in [0.1, 0.15) is 11.6 Å². The number of amides is 1. The summed E-state index contributed by atoms with van der Waals surface area (Å²) in [4.78, 5) is 13.8. The number of hydrogen-bond donors (Lipinski definition) is 0. The summed E-state index contributed by atoms with van der Waals surface area (Å²) < 4.78 is 18.7. The number of methoxy groups -OCH3 is 1. The molecule has 104 valence electrons. The Balaban J connectivity index is 2.29. The highest BCUT2D eigenvalue weighted by Crippen LogP contribution is 2.24. The second kappa shape index (κ2) is 6.05. The van der Waals surface area contributed by atoms with Gasteiger partial charge in [-0.1, -0.05) is 6.07 Å². The second-order valence-electron chi connectivity index (χ2n) is 4.16. The number of hydrogen-bond acceptors (Lipinski definition) is 2. The Morgan fingerprint density at radius 1 is 1.20 bits per heavy atom. The molecular weight excluding hydrogens is 325 g/mol. The first-order valence-corrected chi connectivity index (χ1v) is 6.70. The Hall–Kier alpha value is -1.88. The van der Waals surface area contributed by atoms with Crippen LogP contribution in [-0.4, -0.2) is 20.1 Å². The third kappa shape index (κ3) is 2.82. The average Bonchev–Trinajstić information content (AvgIpc) is 2.48. The van der Waals surface area contributed by atoms with Crippen molar-refractivity contribution < 1.29 is 13.9 Å². The standard InChI is InChI=1S/C15H13BrFNO2/c1-18(10-6-8-11(20-2)9-7-10)15(19)12-4-3-5-13(17)14(12)16/h3-9H,1-2H3. The molecule has 0 radical (unpaired) electrons. The molecule has 0 bridgehead atoms. The molecule has 0 aromatic heterocycles. The summed E-state index contributed by atoms with van der Waals surface area (Å²) in [6.45, 7) is 0. The first-order valence-electron chi connectivity index (χ1n) is 5.90. The molecule has 0 aliphatic carbocycles. The lowest BCUT2D eigenvalue weighted by Crippen LogP contribution is -2.26. The van der Waals surface area contributed by atoms with Crippen molar-refractivity contribution in [2.24, 2.45) is 0 Å². The molecule has 20 heavy (non-hydrogen) atoms. The van der Waals surface area contributed by atoms with E-state index in [4.69, 9.17) is 4.74 Å². The number of halogens is 2. The Labute approximate surface area is 125 Å². The van der Waals surface area contributed by atoms with Crippen LogP contribution in [0.2, 0.25) is 0 Å². The van der Waals surface area contributed by atoms with Crippen LogP contribution in [0.15, 0.2) is 46.9 Å². The Morgan fingerprint density at radius 3 is 2.45 bits per heavy atom. The van der Waals surface area contributed by atoms with Crippen LogP contribution in [0.1, 0.15) is 10.4 Å². The number of anilines is 1. The van der Waals surface area contributed by atoms with Crippen LogP contribution < -0.4 is 9.64 Å². The maximum Gasteiger partial charge on any atom is 0.259 e. The molecule has 0 heterocycles. The number of carbonyl (C=O) groups excluding carboxylic acids is 1. The molecule has 5 heteroatoms. The van der Waals surface area contributed by atoms with Gasteiger partial charge in [0.25, 0.3) is 5.91 Å². The van der Waals surface area contributed by atoms with Crippen molar-refractivity contribution in [3.05, 3.63) is 58.3 Å². The van der Waals surface area contributed by atoms with E-state index in [2.05, 4.69) is 15.9 Å². The van der Waals surface area contributed by atoms with Gasteiger partial charge in [0.2, 0.25) is 0 Å². The number of benzene rings is 2. The fourth-order valence-electron chi connectivity index (χ4n) is 1.77. The average molecular weight is 338 g/mol. The van der Waals surface area contributed by atoms with E-state index in [1.165, 1.54) is 17.0 Å². The Kier molecular flexibility index (Phi) is 4.39. The molecule has 3 nitrogen and oxygen atoms in total. The van der Waals surface area contributed by atoms with Crippen LogP contribution in [-0.2, 0) is 0 Å². The molecule has 1 amide bonds. The lowest BCUT2D eigenvalue weighted by Gasteiger charge is -2.18. The summed E-state index contributed by atoms with van der Waals surface area (Å²) in [5.74, 6) is -0.0398. The zero-order valence-corrected chi connectivity index (χ0v) is 12.6. The molecule has 2 rings (SSSR count). The van der Waals surface area contributed by atoms with Gasteiger partial charge in [-0.05, 0) is 52.3 Å². The first kappa shape index (κ1) is 14.5. The summed E-state index contributed by atoms with van der Waals surface area (Å²) in [5, 5.41) is 0. The molecule has 0 unspecified atom stereocenters. The maximum absolute atomic E-state index is 13.5. The number of ether oxygens (including phenoxy) is 1. The summed E-state index contributed by atoms with van der Waals surface area (Å²) in [5.41, 5.74) is 0.982. The fourth-order valence-corrected chi connectivity index (χ4v) is 2.21. The Bertz CT molecular complexity index is 628. The predicted molar refractivity (Wildman–Crippen MR) is 79.8 cm³/mol. The van der Waals surface area contributed by atoms with Gasteiger partial charge < -0.3 is 9.64 Å². The van der Waals surface area contributed by atoms with E-state index in [1.807, 2.05) is 0 Å². The van der Waals surface area contributed by atoms with Gasteiger partial charge in [0.15, 0.2) is 0 Å². The molecule has 0 fully saturated rings. The minimum absolute atomic E-state index is 0.172. The van der Waals surface area contributed by atoms with Crippen LogP contribution in [0.25, 0.3) is 0 Å². The summed E-state index contributed by atoms with van der Waals surface area (Å²) in [7, 11) is 3.22. The maximum atomic E-state index is 13.5. The number of nitrogens with zero attached hydrogens (tertiary/aromatic N) is 1. The molecule has 2 aromatic rings. The molecule has 2 aromatic carbocycles. The van der Waals surface area contributed by atoms with E-state index in [0.29, 0.717) is 11.4 Å². The lowest BCUT2D eigenvalue weighted by atomic mass is 10.2. The van der Waals surface area contributed by atoms with Crippen molar-refractivity contribution in [3.8, 4) is 5.75 Å². The van der Waals surface area contributed by atoms with Crippen molar-refractivity contribution in [1.29, 1.82) is 0 Å². The quantitative estimate of drug-likeness (QED) is 0.850. The topological polar surface area (TPSA) is 29.5 Å². The van der Waals surface area contributed by atoms with E-state index in [-0.39, 0.29) is 15.9 Å². The van der Waals surface area contributed by atoms with Crippen molar-refractivity contribution in [2.45, 2.75) is 0 Å². The van der Waals surface area contributed by atoms with Crippen LogP contribution >= 0.6 is 15.9 Å². The number of carbonyl (C=O) groups is 1. The van der Waals surface area contributed by atoms with Gasteiger partial charge in [-0.3, -0.25) is 4.79 Å². The predicted octanol–water partition coefficient (Wildman–Crippen LogP) is 3.87. The molecule has 0 atom stereocenters. The second-order valence-corrected chi connectivity index (χ2v) is 4.96. The smallest absolute Gasteiger partial charge is 0.259 e. The van der Waals surface area contributed by atoms with Gasteiger partial charge in [-0.15, -0.1) is 0 Å². The molecule has 0 aliphatic rings. The van der Waals surface area contributed by atoms with E-state index in [9.17, 15) is 9.18 Å². The SMILES string of the molecule is COc1ccc(N(C)C(=O)c2cccc(F)c2Br)cc1. The van der Waals surface area contributed by atoms with E-state index < -0.39 is 5.82 Å². The van der Waals surface area contributed by atoms with Gasteiger partial charge in [-0.2, -0.15) is 0 Å². The van der Waals surface area contributed by atoms with E-state index >= 15 is 0 Å². The third-order valence-corrected chi connectivity index (χ3v) is 3.75. The third-order valence-electron chi connectivity index (χ3n) is 2.95. The van der Waals surface area contributed by atoms with Gasteiger partial charge >= 0.3 is 0 Å². The number of rotatable bonds is 3. The normalized spacial score (nSPS) is 10.2. The van der Waals surface area contributed by atoms with Crippen LogP contribution in [0, 0.1) is 5.82 Å². The Morgan fingerprint density at radius 2 is 1.85 bits per heavy atom. The molecular formula is C15H13BrFNO2. The van der Waals surface area contributed by atoms with Gasteiger partial charge in [0, 0.05) is 12.7 Å². The summed E-state index contributed by atoms with van der Waals surface area (Å²) in [6, 6.07) is 11.5. The highest BCUT2D eigenvalue weighted by atomic mass is 79.9. The van der Waals surface area contributed by atoms with E-state index in [0.717, 1.165) is 0 Å². The zero-order valence-electron chi connectivity index (χ0n) is 11.1. The van der Waals surface area contributed by atoms with Crippen molar-refractivity contribution in [2.75, 3.05) is 19.1 Å². The van der Waals surface area contributed by atoms with Crippen molar-refractivity contribution in [1.82, 2.24) is 0 Å². The highest BCUT2D eigenvalue weighted by Gasteiger charge is 2.18. The van der Waals surface area contributed by atoms with Gasteiger partial charge in [-0.25, -0.2) is 4.39 Å². The van der Waals surface area contributed by atoms with Crippen molar-refractivity contribution in [3.63, 3.8) is 0 Å². The minimum Gasteiger partial charge on any atom is -0.497 e. The summed E-state index contributed by atoms with van der Waals surface area (Å²) in [6.07, 6.45) is 0. The summed E-state index contributed by atoms with van der Waals surface area (Å²) >= 11 is 3.10. The molecule has 0 saturated heterocycles. The van der Waals surface area contributed by atoms with E-state index in [1.54, 1.807) is 44.5 Å². The molecule has 0 N–H and O–H groups in total. The van der Waals surface area contributed by atoms with Crippen LogP contribution in [0.5, 0.6) is 5.75 Å². The minimum atomic E-state index is -0.459. The largest absolute Gasteiger partial charge is 0.497 e. The monoisotopic (exact) mass is 337 g/mol. The molecule has 0 saturated carbocycles.